The molecule has 0 saturated heterocycles. The maximum atomic E-state index is 13.5. The molecule has 1 N–H and O–H groups in total. The molecule has 1 unspecified atom stereocenters. The summed E-state index contributed by atoms with van der Waals surface area (Å²) >= 11 is 5.25. The molecule has 0 aliphatic carbocycles. The Hall–Kier alpha value is -0.710. The molecule has 0 spiro atoms. The second-order valence-electron chi connectivity index (χ2n) is 6.29. The lowest BCUT2D eigenvalue weighted by molar-refractivity contribution is 0.405. The number of benzene rings is 1. The molecule has 0 aliphatic heterocycles. The number of rotatable bonds is 5. The number of nitrogens with one attached hydrogen (secondary N) is 1. The Kier molecular flexibility index (Phi) is 5.58. The Labute approximate surface area is 138 Å². The van der Waals surface area contributed by atoms with Crippen LogP contribution < -0.4 is 5.32 Å². The van der Waals surface area contributed by atoms with Crippen molar-refractivity contribution >= 4 is 27.3 Å². The molecular formula is C17H21BrFNS. The first-order valence-corrected chi connectivity index (χ1v) is 8.69. The van der Waals surface area contributed by atoms with Crippen molar-refractivity contribution in [2.75, 3.05) is 6.54 Å². The molecule has 0 bridgehead atoms. The van der Waals surface area contributed by atoms with Gasteiger partial charge in [0.2, 0.25) is 0 Å². The van der Waals surface area contributed by atoms with Gasteiger partial charge in [-0.3, -0.25) is 0 Å². The highest BCUT2D eigenvalue weighted by Crippen LogP contribution is 2.28. The van der Waals surface area contributed by atoms with Gasteiger partial charge in [-0.05, 0) is 73.0 Å². The summed E-state index contributed by atoms with van der Waals surface area (Å²) < 4.78 is 14.7. The monoisotopic (exact) mass is 369 g/mol. The topological polar surface area (TPSA) is 12.0 Å². The molecule has 1 aromatic carbocycles. The molecule has 1 nitrogen and oxygen atoms in total. The van der Waals surface area contributed by atoms with Gasteiger partial charge in [-0.15, -0.1) is 11.3 Å². The van der Waals surface area contributed by atoms with E-state index in [-0.39, 0.29) is 17.3 Å². The fraction of sp³-hybridized carbons (Fsp3) is 0.412. The molecule has 4 heteroatoms. The summed E-state index contributed by atoms with van der Waals surface area (Å²) in [5.74, 6) is 0.103. The van der Waals surface area contributed by atoms with Crippen LogP contribution in [0.3, 0.4) is 0 Å². The van der Waals surface area contributed by atoms with Gasteiger partial charge in [0.1, 0.15) is 5.82 Å². The van der Waals surface area contributed by atoms with Crippen molar-refractivity contribution in [2.24, 2.45) is 0 Å². The highest BCUT2D eigenvalue weighted by Gasteiger charge is 2.17. The van der Waals surface area contributed by atoms with Crippen molar-refractivity contribution < 1.29 is 4.39 Å². The van der Waals surface area contributed by atoms with Crippen LogP contribution >= 0.6 is 27.3 Å². The second-order valence-corrected chi connectivity index (χ2v) is 8.84. The van der Waals surface area contributed by atoms with Gasteiger partial charge in [0.15, 0.2) is 0 Å². The summed E-state index contributed by atoms with van der Waals surface area (Å²) in [6.07, 6.45) is 0.919. The van der Waals surface area contributed by atoms with E-state index in [0.717, 1.165) is 22.3 Å². The van der Waals surface area contributed by atoms with E-state index in [0.29, 0.717) is 0 Å². The van der Waals surface area contributed by atoms with Gasteiger partial charge in [-0.25, -0.2) is 4.39 Å². The van der Waals surface area contributed by atoms with Crippen LogP contribution in [-0.4, -0.2) is 12.1 Å². The van der Waals surface area contributed by atoms with Crippen molar-refractivity contribution in [3.05, 3.63) is 56.4 Å². The average Bonchev–Trinajstić information content (AvgIpc) is 2.79. The predicted octanol–water partition coefficient (Wildman–Crippen LogP) is 5.36. The van der Waals surface area contributed by atoms with Crippen LogP contribution in [0.2, 0.25) is 0 Å². The van der Waals surface area contributed by atoms with Crippen LogP contribution in [0.25, 0.3) is 0 Å². The maximum Gasteiger partial charge on any atom is 0.123 e. The number of thiophene rings is 1. The van der Waals surface area contributed by atoms with Crippen molar-refractivity contribution in [3.8, 4) is 0 Å². The van der Waals surface area contributed by atoms with E-state index in [9.17, 15) is 4.39 Å². The highest BCUT2D eigenvalue weighted by atomic mass is 79.9. The third-order valence-corrected chi connectivity index (χ3v) is 4.92. The van der Waals surface area contributed by atoms with Crippen LogP contribution in [0.5, 0.6) is 0 Å². The molecule has 2 rings (SSSR count). The summed E-state index contributed by atoms with van der Waals surface area (Å²) in [6, 6.07) is 11.2. The van der Waals surface area contributed by atoms with Crippen LogP contribution in [0.15, 0.2) is 40.2 Å². The average molecular weight is 370 g/mol. The largest absolute Gasteiger partial charge is 0.311 e. The van der Waals surface area contributed by atoms with Crippen LogP contribution in [0.1, 0.15) is 37.1 Å². The van der Waals surface area contributed by atoms with Gasteiger partial charge in [0.05, 0.1) is 3.79 Å². The fourth-order valence-corrected chi connectivity index (χ4v) is 3.77. The summed E-state index contributed by atoms with van der Waals surface area (Å²) in [5.41, 5.74) is 1.11. The van der Waals surface area contributed by atoms with Crippen LogP contribution in [-0.2, 0) is 6.42 Å². The molecule has 1 heterocycles. The predicted molar refractivity (Wildman–Crippen MR) is 92.6 cm³/mol. The molecule has 0 radical (unpaired) electrons. The van der Waals surface area contributed by atoms with Gasteiger partial charge in [-0.2, -0.15) is 0 Å². The summed E-state index contributed by atoms with van der Waals surface area (Å²) in [6.45, 7) is 7.29. The van der Waals surface area contributed by atoms with Gasteiger partial charge >= 0.3 is 0 Å². The highest BCUT2D eigenvalue weighted by molar-refractivity contribution is 9.11. The lowest BCUT2D eigenvalue weighted by atomic mass is 9.93. The van der Waals surface area contributed by atoms with E-state index in [1.54, 1.807) is 23.5 Å². The smallest absolute Gasteiger partial charge is 0.123 e. The molecule has 21 heavy (non-hydrogen) atoms. The van der Waals surface area contributed by atoms with Crippen LogP contribution in [0.4, 0.5) is 4.39 Å². The van der Waals surface area contributed by atoms with Crippen molar-refractivity contribution in [1.29, 1.82) is 0 Å². The second kappa shape index (κ2) is 7.03. The van der Waals surface area contributed by atoms with E-state index in [2.05, 4.69) is 54.2 Å². The Morgan fingerprint density at radius 3 is 2.57 bits per heavy atom. The first kappa shape index (κ1) is 16.7. The maximum absolute atomic E-state index is 13.5. The summed E-state index contributed by atoms with van der Waals surface area (Å²) in [7, 11) is 0. The summed E-state index contributed by atoms with van der Waals surface area (Å²) in [5, 5.41) is 3.54. The minimum atomic E-state index is -0.166. The van der Waals surface area contributed by atoms with E-state index >= 15 is 0 Å². The molecule has 1 atom stereocenters. The minimum Gasteiger partial charge on any atom is -0.311 e. The van der Waals surface area contributed by atoms with Crippen LogP contribution in [0, 0.1) is 5.82 Å². The minimum absolute atomic E-state index is 0.0572. The Bertz CT molecular complexity index is 588. The molecule has 0 aliphatic rings. The molecule has 0 saturated carbocycles. The number of hydrogen-bond acceptors (Lipinski definition) is 2. The Morgan fingerprint density at radius 2 is 2.00 bits per heavy atom. The zero-order valence-electron chi connectivity index (χ0n) is 12.6. The molecule has 114 valence electrons. The molecule has 2 aromatic rings. The molecule has 0 amide bonds. The fourth-order valence-electron chi connectivity index (χ4n) is 2.20. The zero-order valence-corrected chi connectivity index (χ0v) is 15.0. The molecule has 0 fully saturated rings. The SMILES string of the molecule is CC(C)(C)NCC(Cc1ccc(Br)s1)c1cccc(F)c1. The van der Waals surface area contributed by atoms with Gasteiger partial charge < -0.3 is 5.32 Å². The Balaban J connectivity index is 2.17. The Morgan fingerprint density at radius 1 is 1.24 bits per heavy atom. The van der Waals surface area contributed by atoms with E-state index in [1.165, 1.54) is 10.9 Å². The van der Waals surface area contributed by atoms with E-state index in [4.69, 9.17) is 0 Å². The zero-order chi connectivity index (χ0) is 15.5. The number of hydrogen-bond donors (Lipinski definition) is 1. The van der Waals surface area contributed by atoms with Crippen molar-refractivity contribution in [1.82, 2.24) is 5.32 Å². The van der Waals surface area contributed by atoms with Gasteiger partial charge in [-0.1, -0.05) is 12.1 Å². The number of halogens is 2. The first-order chi connectivity index (χ1) is 9.83. The normalized spacial score (nSPS) is 13.4. The lowest BCUT2D eigenvalue weighted by Gasteiger charge is -2.25. The first-order valence-electron chi connectivity index (χ1n) is 7.08. The standard InChI is InChI=1S/C17H21BrFNS/c1-17(2,3)20-11-13(10-15-7-8-16(18)21-15)12-5-4-6-14(19)9-12/h4-9,13,20H,10-11H2,1-3H3. The van der Waals surface area contributed by atoms with Crippen molar-refractivity contribution in [2.45, 2.75) is 38.6 Å². The van der Waals surface area contributed by atoms with Gasteiger partial charge in [0, 0.05) is 22.9 Å². The third kappa shape index (κ3) is 5.53. The van der Waals surface area contributed by atoms with E-state index in [1.807, 2.05) is 6.07 Å². The third-order valence-electron chi connectivity index (χ3n) is 3.28. The molecule has 1 aromatic heterocycles. The summed E-state index contributed by atoms with van der Waals surface area (Å²) in [4.78, 5) is 1.31. The lowest BCUT2D eigenvalue weighted by Crippen LogP contribution is -2.39. The molecular weight excluding hydrogens is 349 g/mol. The quantitative estimate of drug-likeness (QED) is 0.747. The van der Waals surface area contributed by atoms with Gasteiger partial charge in [0.25, 0.3) is 0 Å². The van der Waals surface area contributed by atoms with Crippen molar-refractivity contribution in [3.63, 3.8) is 0 Å². The van der Waals surface area contributed by atoms with E-state index < -0.39 is 0 Å².